The van der Waals surface area contributed by atoms with Crippen molar-refractivity contribution in [3.63, 3.8) is 0 Å². The highest BCUT2D eigenvalue weighted by molar-refractivity contribution is 5.80. The lowest BCUT2D eigenvalue weighted by atomic mass is 10.0. The van der Waals surface area contributed by atoms with Gasteiger partial charge in [-0.3, -0.25) is 19.9 Å². The molecule has 9 nitrogen and oxygen atoms in total. The minimum atomic E-state index is -0.0289. The van der Waals surface area contributed by atoms with E-state index in [-0.39, 0.29) is 18.0 Å². The molecule has 346 valence electrons. The van der Waals surface area contributed by atoms with E-state index >= 15 is 0 Å². The molecule has 1 N–H and O–H groups in total. The number of ether oxygens (including phenoxy) is 2. The SMILES string of the molecule is CCCCCCCCCOC(=O)CCCCCCCN(CCCCCCCC(=O)OC(CCCCCCCC)CCCCCCCC)CCCCN=C(NC#N)N(C)C. The van der Waals surface area contributed by atoms with Gasteiger partial charge in [-0.05, 0) is 90.3 Å². The number of nitrogens with zero attached hydrogens (tertiary/aromatic N) is 4. The summed E-state index contributed by atoms with van der Waals surface area (Å²) in [5.74, 6) is 0.598. The van der Waals surface area contributed by atoms with E-state index in [1.807, 2.05) is 25.2 Å². The molecular weight excluding hydrogens is 735 g/mol. The number of hydrogen-bond donors (Lipinski definition) is 1. The van der Waals surface area contributed by atoms with E-state index in [9.17, 15) is 9.59 Å². The number of nitriles is 1. The predicted molar refractivity (Wildman–Crippen MR) is 251 cm³/mol. The van der Waals surface area contributed by atoms with Crippen molar-refractivity contribution in [3.8, 4) is 6.19 Å². The van der Waals surface area contributed by atoms with Crippen molar-refractivity contribution in [3.05, 3.63) is 0 Å². The number of unbranched alkanes of at least 4 members (excludes halogenated alkanes) is 25. The third-order valence-electron chi connectivity index (χ3n) is 11.5. The van der Waals surface area contributed by atoms with E-state index in [0.29, 0.717) is 32.0 Å². The topological polar surface area (TPSA) is 107 Å². The Morgan fingerprint density at radius 1 is 0.542 bits per heavy atom. The molecule has 0 aromatic heterocycles. The van der Waals surface area contributed by atoms with Gasteiger partial charge in [-0.25, -0.2) is 0 Å². The van der Waals surface area contributed by atoms with E-state index < -0.39 is 0 Å². The average Bonchev–Trinajstić information content (AvgIpc) is 3.22. The van der Waals surface area contributed by atoms with Crippen LogP contribution in [0.25, 0.3) is 0 Å². The number of carbonyl (C=O) groups is 2. The predicted octanol–water partition coefficient (Wildman–Crippen LogP) is 13.4. The summed E-state index contributed by atoms with van der Waals surface area (Å²) in [5.41, 5.74) is 0. The Labute approximate surface area is 366 Å². The molecule has 0 heterocycles. The zero-order chi connectivity index (χ0) is 43.3. The van der Waals surface area contributed by atoms with Gasteiger partial charge in [0.2, 0.25) is 5.96 Å². The fourth-order valence-electron chi connectivity index (χ4n) is 7.71. The first kappa shape index (κ1) is 56.7. The maximum Gasteiger partial charge on any atom is 0.306 e. The van der Waals surface area contributed by atoms with Crippen LogP contribution < -0.4 is 5.32 Å². The van der Waals surface area contributed by atoms with Crippen LogP contribution in [-0.2, 0) is 19.1 Å². The lowest BCUT2D eigenvalue weighted by molar-refractivity contribution is -0.150. The first-order chi connectivity index (χ1) is 28.9. The van der Waals surface area contributed by atoms with Crippen LogP contribution in [-0.4, -0.2) is 80.7 Å². The van der Waals surface area contributed by atoms with E-state index in [2.05, 4.69) is 36.0 Å². The Bertz CT molecular complexity index is 984. The Hall–Kier alpha value is -2.34. The molecule has 0 saturated heterocycles. The third-order valence-corrected chi connectivity index (χ3v) is 11.5. The minimum absolute atomic E-state index is 0.0160. The molecule has 0 bridgehead atoms. The van der Waals surface area contributed by atoms with Crippen molar-refractivity contribution in [2.45, 2.75) is 252 Å². The van der Waals surface area contributed by atoms with Crippen molar-refractivity contribution in [1.29, 1.82) is 5.26 Å². The van der Waals surface area contributed by atoms with Crippen molar-refractivity contribution in [2.24, 2.45) is 4.99 Å². The summed E-state index contributed by atoms with van der Waals surface area (Å²) in [5, 5.41) is 11.7. The molecule has 0 saturated carbocycles. The molecule has 0 fully saturated rings. The van der Waals surface area contributed by atoms with Gasteiger partial charge in [0.05, 0.1) is 6.61 Å². The van der Waals surface area contributed by atoms with E-state index in [1.54, 1.807) is 0 Å². The van der Waals surface area contributed by atoms with Crippen LogP contribution in [0.4, 0.5) is 0 Å². The summed E-state index contributed by atoms with van der Waals surface area (Å²) < 4.78 is 11.5. The Balaban J connectivity index is 4.53. The van der Waals surface area contributed by atoms with Gasteiger partial charge in [0.15, 0.2) is 6.19 Å². The Kier molecular flexibility index (Phi) is 43.4. The number of nitrogens with one attached hydrogen (secondary N) is 1. The molecule has 0 unspecified atom stereocenters. The second-order valence-electron chi connectivity index (χ2n) is 17.5. The zero-order valence-electron chi connectivity index (χ0n) is 39.8. The summed E-state index contributed by atoms with van der Waals surface area (Å²) >= 11 is 0. The van der Waals surface area contributed by atoms with Crippen LogP contribution in [0.5, 0.6) is 0 Å². The number of rotatable bonds is 44. The van der Waals surface area contributed by atoms with Gasteiger partial charge in [-0.1, -0.05) is 162 Å². The van der Waals surface area contributed by atoms with Crippen LogP contribution in [0.15, 0.2) is 4.99 Å². The van der Waals surface area contributed by atoms with Gasteiger partial charge >= 0.3 is 11.9 Å². The fourth-order valence-corrected chi connectivity index (χ4v) is 7.71. The first-order valence-corrected chi connectivity index (χ1v) is 25.3. The third kappa shape index (κ3) is 40.8. The highest BCUT2D eigenvalue weighted by atomic mass is 16.5. The van der Waals surface area contributed by atoms with E-state index in [1.165, 1.54) is 135 Å². The second kappa shape index (κ2) is 45.2. The molecule has 0 aliphatic heterocycles. The summed E-state index contributed by atoms with van der Waals surface area (Å²) in [6, 6.07) is 0. The normalized spacial score (nSPS) is 11.7. The standard InChI is InChI=1S/C50H97N5O4/c1-6-9-12-15-18-27-36-45-58-48(56)39-30-23-19-25-33-42-55(44-35-32-41-52-50(53-46-51)54(4)5)43-34-26-20-24-31-40-49(57)59-47(37-28-21-16-13-10-7-2)38-29-22-17-14-11-8-3/h47H,6-45H2,1-5H3,(H,52,53). The van der Waals surface area contributed by atoms with Gasteiger partial charge in [-0.15, -0.1) is 0 Å². The van der Waals surface area contributed by atoms with Crippen molar-refractivity contribution < 1.29 is 19.1 Å². The molecule has 59 heavy (non-hydrogen) atoms. The Morgan fingerprint density at radius 3 is 1.42 bits per heavy atom. The monoisotopic (exact) mass is 832 g/mol. The van der Waals surface area contributed by atoms with E-state index in [4.69, 9.17) is 14.7 Å². The van der Waals surface area contributed by atoms with Gasteiger partial charge < -0.3 is 19.3 Å². The second-order valence-corrected chi connectivity index (χ2v) is 17.5. The summed E-state index contributed by atoms with van der Waals surface area (Å²) in [6.07, 6.45) is 42.4. The molecule has 0 radical (unpaired) electrons. The van der Waals surface area contributed by atoms with Crippen molar-refractivity contribution in [1.82, 2.24) is 15.1 Å². The molecule has 0 atom stereocenters. The van der Waals surface area contributed by atoms with Crippen LogP contribution in [0.2, 0.25) is 0 Å². The fraction of sp³-hybridized carbons (Fsp3) is 0.920. The summed E-state index contributed by atoms with van der Waals surface area (Å²) in [4.78, 5) is 34.0. The van der Waals surface area contributed by atoms with Crippen LogP contribution in [0.3, 0.4) is 0 Å². The Morgan fingerprint density at radius 2 is 0.949 bits per heavy atom. The quantitative estimate of drug-likeness (QED) is 0.0162. The summed E-state index contributed by atoms with van der Waals surface area (Å²) in [7, 11) is 3.79. The molecule has 0 amide bonds. The molecule has 0 aromatic rings. The zero-order valence-corrected chi connectivity index (χ0v) is 39.8. The smallest absolute Gasteiger partial charge is 0.306 e. The molecule has 0 rings (SSSR count). The number of guanidine groups is 1. The number of esters is 2. The lowest BCUT2D eigenvalue weighted by Crippen LogP contribution is -2.33. The number of hydrogen-bond acceptors (Lipinski definition) is 7. The van der Waals surface area contributed by atoms with Crippen LogP contribution in [0, 0.1) is 11.5 Å². The van der Waals surface area contributed by atoms with Gasteiger partial charge in [-0.2, -0.15) is 5.26 Å². The van der Waals surface area contributed by atoms with Crippen molar-refractivity contribution in [2.75, 3.05) is 46.9 Å². The van der Waals surface area contributed by atoms with Gasteiger partial charge in [0.25, 0.3) is 0 Å². The van der Waals surface area contributed by atoms with Gasteiger partial charge in [0.1, 0.15) is 6.10 Å². The maximum absolute atomic E-state index is 12.9. The first-order valence-electron chi connectivity index (χ1n) is 25.3. The molecule has 0 aromatic carbocycles. The minimum Gasteiger partial charge on any atom is -0.466 e. The van der Waals surface area contributed by atoms with E-state index in [0.717, 1.165) is 96.7 Å². The number of carbonyl (C=O) groups excluding carboxylic acids is 2. The van der Waals surface area contributed by atoms with Crippen LogP contribution in [0.1, 0.15) is 245 Å². The molecule has 9 heteroatoms. The summed E-state index contributed by atoms with van der Waals surface area (Å²) in [6.45, 7) is 11.3. The lowest BCUT2D eigenvalue weighted by Gasteiger charge is -2.22. The molecule has 0 aliphatic carbocycles. The van der Waals surface area contributed by atoms with Crippen LogP contribution >= 0.6 is 0 Å². The highest BCUT2D eigenvalue weighted by Gasteiger charge is 2.14. The molecule has 0 spiro atoms. The van der Waals surface area contributed by atoms with Crippen molar-refractivity contribution >= 4 is 17.9 Å². The maximum atomic E-state index is 12.9. The highest BCUT2D eigenvalue weighted by Crippen LogP contribution is 2.19. The largest absolute Gasteiger partial charge is 0.466 e. The molecule has 0 aliphatic rings. The average molecular weight is 832 g/mol. The number of aliphatic imine (C=N–C) groups is 1. The molecular formula is C50H97N5O4. The van der Waals surface area contributed by atoms with Gasteiger partial charge in [0, 0.05) is 33.5 Å².